The Kier molecular flexibility index (Phi) is 5.97. The van der Waals surface area contributed by atoms with Crippen molar-refractivity contribution < 1.29 is 25.7 Å². The average Bonchev–Trinajstić information content (AvgIpc) is 3.51. The van der Waals surface area contributed by atoms with E-state index >= 15 is 0 Å². The Morgan fingerprint density at radius 3 is 1.38 bits per heavy atom. The van der Waals surface area contributed by atoms with Gasteiger partial charge < -0.3 is 8.83 Å². The highest BCUT2D eigenvalue weighted by atomic mass is 32.2. The van der Waals surface area contributed by atoms with Crippen molar-refractivity contribution in [3.05, 3.63) is 84.9 Å². The molecule has 1 saturated carbocycles. The van der Waals surface area contributed by atoms with Crippen molar-refractivity contribution in [2.75, 3.05) is 0 Å². The Balaban J connectivity index is 1.17. The summed E-state index contributed by atoms with van der Waals surface area (Å²) >= 11 is 0. The number of para-hydroxylation sites is 2. The monoisotopic (exact) mass is 574 g/mol. The highest BCUT2D eigenvalue weighted by Crippen LogP contribution is 2.32. The summed E-state index contributed by atoms with van der Waals surface area (Å²) in [5.74, 6) is 0. The van der Waals surface area contributed by atoms with E-state index in [1.807, 2.05) is 48.5 Å². The van der Waals surface area contributed by atoms with Crippen molar-refractivity contribution in [3.8, 4) is 0 Å². The lowest BCUT2D eigenvalue weighted by atomic mass is 9.92. The molecule has 204 valence electrons. The predicted molar refractivity (Wildman–Crippen MR) is 154 cm³/mol. The second-order valence-corrected chi connectivity index (χ2v) is 13.7. The smallest absolute Gasteiger partial charge is 0.240 e. The van der Waals surface area contributed by atoms with E-state index in [-0.39, 0.29) is 9.79 Å². The van der Waals surface area contributed by atoms with E-state index in [0.29, 0.717) is 45.9 Å². The minimum Gasteiger partial charge on any atom is -0.456 e. The Labute approximate surface area is 231 Å². The maximum atomic E-state index is 13.5. The lowest BCUT2D eigenvalue weighted by Crippen LogP contribution is -2.52. The van der Waals surface area contributed by atoms with Crippen LogP contribution in [0.2, 0.25) is 0 Å². The summed E-state index contributed by atoms with van der Waals surface area (Å²) in [6.07, 6.45) is 2.64. The first-order valence-corrected chi connectivity index (χ1v) is 16.1. The number of benzene rings is 4. The van der Waals surface area contributed by atoms with E-state index in [1.54, 1.807) is 24.3 Å². The minimum absolute atomic E-state index is 0.107. The van der Waals surface area contributed by atoms with Crippen molar-refractivity contribution in [2.24, 2.45) is 0 Å². The summed E-state index contributed by atoms with van der Waals surface area (Å²) in [6, 6.07) is 23.3. The molecule has 10 heteroatoms. The normalized spacial score (nSPS) is 18.7. The fraction of sp³-hybridized carbons (Fsp3) is 0.200. The summed E-state index contributed by atoms with van der Waals surface area (Å²) in [6.45, 7) is 0. The molecule has 8 nitrogen and oxygen atoms in total. The Hall–Kier alpha value is -3.70. The van der Waals surface area contributed by atoms with E-state index < -0.39 is 32.1 Å². The second-order valence-electron chi connectivity index (χ2n) is 10.3. The lowest BCUT2D eigenvalue weighted by molar-refractivity contribution is 0.340. The topological polar surface area (TPSA) is 119 Å². The zero-order chi connectivity index (χ0) is 27.5. The van der Waals surface area contributed by atoms with Crippen molar-refractivity contribution in [1.82, 2.24) is 9.44 Å². The van der Waals surface area contributed by atoms with Crippen LogP contribution in [0.4, 0.5) is 0 Å². The molecular weight excluding hydrogens is 548 g/mol. The van der Waals surface area contributed by atoms with Crippen LogP contribution < -0.4 is 9.44 Å². The highest BCUT2D eigenvalue weighted by molar-refractivity contribution is 7.90. The molecule has 0 aliphatic heterocycles. The highest BCUT2D eigenvalue weighted by Gasteiger charge is 2.33. The van der Waals surface area contributed by atoms with Crippen LogP contribution in [-0.4, -0.2) is 28.9 Å². The van der Waals surface area contributed by atoms with Crippen LogP contribution in [0.15, 0.2) is 104 Å². The third-order valence-electron chi connectivity index (χ3n) is 7.70. The van der Waals surface area contributed by atoms with Gasteiger partial charge in [-0.3, -0.25) is 0 Å². The van der Waals surface area contributed by atoms with E-state index in [4.69, 9.17) is 8.83 Å². The van der Waals surface area contributed by atoms with E-state index in [1.165, 1.54) is 12.1 Å². The number of sulfonamides is 2. The summed E-state index contributed by atoms with van der Waals surface area (Å²) in [4.78, 5) is 0.215. The fourth-order valence-electron chi connectivity index (χ4n) is 5.69. The van der Waals surface area contributed by atoms with Gasteiger partial charge in [0.15, 0.2) is 0 Å². The van der Waals surface area contributed by atoms with Crippen LogP contribution >= 0.6 is 0 Å². The Morgan fingerprint density at radius 2 is 0.925 bits per heavy atom. The van der Waals surface area contributed by atoms with Crippen molar-refractivity contribution in [2.45, 2.75) is 47.6 Å². The Morgan fingerprint density at radius 1 is 0.525 bits per heavy atom. The standard InChI is InChI=1S/C30H26N2O6S2/c33-39(34,19-13-15-29-23(17-19)21-7-1-5-11-27(21)37-29)31-25-9-3-4-10-26(25)32-40(35,36)20-14-16-30-24(18-20)22-8-2-6-12-28(22)38-30/h1-2,5-8,11-18,25-26,31-32H,3-4,9-10H2/t25-,26-/m1/s1. The van der Waals surface area contributed by atoms with Gasteiger partial charge in [-0.1, -0.05) is 49.2 Å². The molecule has 7 rings (SSSR count). The molecule has 1 aliphatic carbocycles. The summed E-state index contributed by atoms with van der Waals surface area (Å²) in [5.41, 5.74) is 2.57. The third kappa shape index (κ3) is 4.37. The summed E-state index contributed by atoms with van der Waals surface area (Å²) < 4.78 is 71.2. The van der Waals surface area contributed by atoms with Gasteiger partial charge in [0.05, 0.1) is 9.79 Å². The van der Waals surface area contributed by atoms with Crippen LogP contribution in [0.1, 0.15) is 25.7 Å². The van der Waals surface area contributed by atoms with E-state index in [0.717, 1.165) is 23.6 Å². The van der Waals surface area contributed by atoms with Gasteiger partial charge >= 0.3 is 0 Å². The van der Waals surface area contributed by atoms with Crippen LogP contribution in [0.5, 0.6) is 0 Å². The zero-order valence-corrected chi connectivity index (χ0v) is 23.0. The largest absolute Gasteiger partial charge is 0.456 e. The van der Waals surface area contributed by atoms with Crippen molar-refractivity contribution >= 4 is 63.9 Å². The number of hydrogen-bond acceptors (Lipinski definition) is 6. The van der Waals surface area contributed by atoms with Gasteiger partial charge in [0.25, 0.3) is 0 Å². The van der Waals surface area contributed by atoms with Gasteiger partial charge in [-0.25, -0.2) is 26.3 Å². The SMILES string of the molecule is O=S(=O)(N[C@@H]1CCCC[C@H]1NS(=O)(=O)c1ccc2oc3ccccc3c2c1)c1ccc2oc3ccccc3c2c1. The van der Waals surface area contributed by atoms with Gasteiger partial charge in [0.2, 0.25) is 20.0 Å². The molecule has 0 amide bonds. The molecule has 0 saturated heterocycles. The quantitative estimate of drug-likeness (QED) is 0.250. The first kappa shape index (κ1) is 25.3. The van der Waals surface area contributed by atoms with Crippen LogP contribution in [0, 0.1) is 0 Å². The summed E-state index contributed by atoms with van der Waals surface area (Å²) in [5, 5.41) is 3.09. The first-order valence-electron chi connectivity index (χ1n) is 13.2. The summed E-state index contributed by atoms with van der Waals surface area (Å²) in [7, 11) is -7.87. The predicted octanol–water partition coefficient (Wildman–Crippen LogP) is 6.05. The second kappa shape index (κ2) is 9.45. The van der Waals surface area contributed by atoms with Gasteiger partial charge in [-0.2, -0.15) is 0 Å². The molecule has 2 atom stereocenters. The maximum Gasteiger partial charge on any atom is 0.240 e. The number of rotatable bonds is 6. The van der Waals surface area contributed by atoms with Gasteiger partial charge in [-0.15, -0.1) is 0 Å². The van der Waals surface area contributed by atoms with Crippen molar-refractivity contribution in [1.29, 1.82) is 0 Å². The molecule has 4 aromatic carbocycles. The van der Waals surface area contributed by atoms with Crippen LogP contribution in [0.3, 0.4) is 0 Å². The molecule has 1 aliphatic rings. The third-order valence-corrected chi connectivity index (χ3v) is 10.7. The molecule has 0 spiro atoms. The van der Waals surface area contributed by atoms with E-state index in [9.17, 15) is 16.8 Å². The molecular formula is C30H26N2O6S2. The van der Waals surface area contributed by atoms with Gasteiger partial charge in [0.1, 0.15) is 22.3 Å². The van der Waals surface area contributed by atoms with Gasteiger partial charge in [0, 0.05) is 33.6 Å². The van der Waals surface area contributed by atoms with Crippen LogP contribution in [-0.2, 0) is 20.0 Å². The average molecular weight is 575 g/mol. The minimum atomic E-state index is -3.94. The molecule has 2 aromatic heterocycles. The lowest BCUT2D eigenvalue weighted by Gasteiger charge is -2.32. The number of fused-ring (bicyclic) bond motifs is 6. The zero-order valence-electron chi connectivity index (χ0n) is 21.3. The number of nitrogens with one attached hydrogen (secondary N) is 2. The fourth-order valence-corrected chi connectivity index (χ4v) is 8.37. The first-order chi connectivity index (χ1) is 19.3. The van der Waals surface area contributed by atoms with E-state index in [2.05, 4.69) is 9.44 Å². The molecule has 0 unspecified atom stereocenters. The molecule has 2 heterocycles. The molecule has 2 N–H and O–H groups in total. The van der Waals surface area contributed by atoms with Crippen LogP contribution in [0.25, 0.3) is 43.9 Å². The number of furan rings is 2. The molecule has 1 fully saturated rings. The maximum absolute atomic E-state index is 13.5. The number of hydrogen-bond donors (Lipinski definition) is 2. The van der Waals surface area contributed by atoms with Crippen molar-refractivity contribution in [3.63, 3.8) is 0 Å². The molecule has 40 heavy (non-hydrogen) atoms. The molecule has 6 aromatic rings. The van der Waals surface area contributed by atoms with Gasteiger partial charge in [-0.05, 0) is 61.4 Å². The molecule has 0 bridgehead atoms. The molecule has 0 radical (unpaired) electrons. The Bertz CT molecular complexity index is 1980.